The molecule has 2 aromatic carbocycles. The number of carbonyl (C=O) groups excluding carboxylic acids is 7. The molecular formula is C54H65NO18. The summed E-state index contributed by atoms with van der Waals surface area (Å²) in [4.78, 5) is 103. The Hall–Kier alpha value is -6.31. The summed E-state index contributed by atoms with van der Waals surface area (Å²) in [5, 5.41) is 12.4. The van der Waals surface area contributed by atoms with Crippen molar-refractivity contribution in [1.82, 2.24) is 4.90 Å². The van der Waals surface area contributed by atoms with Crippen LogP contribution in [0.25, 0.3) is 0 Å². The van der Waals surface area contributed by atoms with Crippen LogP contribution in [0, 0.1) is 22.2 Å². The molecule has 2 bridgehead atoms. The Labute approximate surface area is 423 Å². The van der Waals surface area contributed by atoms with Crippen molar-refractivity contribution >= 4 is 41.7 Å². The van der Waals surface area contributed by atoms with Crippen molar-refractivity contribution in [2.75, 3.05) is 20.8 Å². The number of rotatable bonds is 9. The Balaban J connectivity index is 1.37. The van der Waals surface area contributed by atoms with Crippen molar-refractivity contribution < 1.29 is 86.0 Å². The predicted octanol–water partition coefficient (Wildman–Crippen LogP) is 6.07. The molecule has 1 N–H and O–H groups in total. The average Bonchev–Trinajstić information content (AvgIpc) is 3.89. The van der Waals surface area contributed by atoms with E-state index >= 15 is 9.59 Å². The minimum atomic E-state index is -2.30. The summed E-state index contributed by atoms with van der Waals surface area (Å²) < 4.78 is 62.1. The van der Waals surface area contributed by atoms with Gasteiger partial charge in [0.1, 0.15) is 29.3 Å². The molecule has 1 unspecified atom stereocenters. The third kappa shape index (κ3) is 8.35. The quantitative estimate of drug-likeness (QED) is 0.170. The minimum absolute atomic E-state index is 0.00874. The van der Waals surface area contributed by atoms with E-state index in [4.69, 9.17) is 47.4 Å². The summed E-state index contributed by atoms with van der Waals surface area (Å²) in [6.45, 7) is 18.6. The maximum absolute atomic E-state index is 15.9. The SMILES string of the molecule is COc1ccc(C2O[C@@H](C(=O)O[C@H]3C4=CC(=O)O[C@@]45[C@@H](OC(=O)c4ccccc4)[C@@H]4[C@]6(OC(C)=O)CO[C@@H]6C[C@H](O)[C@@]4(C)C(=O)[C@H](OC(C)=O)C(=C3C)C5(C)C)[C@@H](C(C)(C)C)N2C(=O)OC(C)(C)C)c(OC)c1. The molecule has 2 saturated heterocycles. The van der Waals surface area contributed by atoms with Crippen molar-refractivity contribution in [3.05, 3.63) is 82.5 Å². The highest BCUT2D eigenvalue weighted by Crippen LogP contribution is 2.67. The maximum atomic E-state index is 15.9. The van der Waals surface area contributed by atoms with Crippen molar-refractivity contribution in [1.29, 1.82) is 0 Å². The van der Waals surface area contributed by atoms with Gasteiger partial charge < -0.3 is 52.5 Å². The molecule has 394 valence electrons. The van der Waals surface area contributed by atoms with Crippen LogP contribution in [-0.4, -0.2) is 132 Å². The van der Waals surface area contributed by atoms with Crippen molar-refractivity contribution in [3.8, 4) is 11.5 Å². The first kappa shape index (κ1) is 53.0. The minimum Gasteiger partial charge on any atom is -0.497 e. The molecule has 73 heavy (non-hydrogen) atoms. The molecule has 3 aliphatic carbocycles. The monoisotopic (exact) mass is 1020 g/mol. The Morgan fingerprint density at radius 2 is 1.52 bits per heavy atom. The van der Waals surface area contributed by atoms with Crippen LogP contribution in [0.5, 0.6) is 11.5 Å². The molecule has 0 aromatic heterocycles. The summed E-state index contributed by atoms with van der Waals surface area (Å²) >= 11 is 0. The van der Waals surface area contributed by atoms with Crippen LogP contribution in [-0.2, 0) is 61.9 Å². The van der Waals surface area contributed by atoms with Crippen molar-refractivity contribution in [2.24, 2.45) is 22.2 Å². The lowest BCUT2D eigenvalue weighted by Gasteiger charge is -2.67. The van der Waals surface area contributed by atoms with Gasteiger partial charge in [0.25, 0.3) is 0 Å². The molecule has 3 aliphatic heterocycles. The van der Waals surface area contributed by atoms with Crippen LogP contribution in [0.2, 0.25) is 0 Å². The van der Waals surface area contributed by atoms with Crippen molar-refractivity contribution in [3.63, 3.8) is 0 Å². The van der Waals surface area contributed by atoms with Crippen LogP contribution in [0.1, 0.15) is 112 Å². The summed E-state index contributed by atoms with van der Waals surface area (Å²) in [5.74, 6) is -6.46. The fourth-order valence-corrected chi connectivity index (χ4v) is 12.4. The molecule has 0 radical (unpaired) electrons. The van der Waals surface area contributed by atoms with E-state index < -0.39 is 130 Å². The Morgan fingerprint density at radius 1 is 0.849 bits per heavy atom. The third-order valence-corrected chi connectivity index (χ3v) is 15.4. The fraction of sp³-hybridized carbons (Fsp3) is 0.574. The number of ether oxygens (including phenoxy) is 10. The van der Waals surface area contributed by atoms with E-state index in [1.807, 2.05) is 0 Å². The maximum Gasteiger partial charge on any atom is 0.413 e. The first-order valence-electron chi connectivity index (χ1n) is 24.2. The van der Waals surface area contributed by atoms with Crippen LogP contribution in [0.4, 0.5) is 4.79 Å². The highest BCUT2D eigenvalue weighted by atomic mass is 16.6. The van der Waals surface area contributed by atoms with Crippen LogP contribution < -0.4 is 9.47 Å². The van der Waals surface area contributed by atoms with Gasteiger partial charge in [-0.25, -0.2) is 19.2 Å². The Kier molecular flexibility index (Phi) is 13.3. The van der Waals surface area contributed by atoms with Gasteiger partial charge in [0, 0.05) is 49.0 Å². The number of Topliss-reactive ketones (excluding diaryl/α,β-unsaturated/α-hetero) is 1. The number of esters is 5. The third-order valence-electron chi connectivity index (χ3n) is 15.4. The van der Waals surface area contributed by atoms with Crippen LogP contribution in [0.15, 0.2) is 71.3 Å². The molecule has 1 amide bonds. The first-order valence-corrected chi connectivity index (χ1v) is 24.2. The second-order valence-electron chi connectivity index (χ2n) is 22.4. The molecule has 3 heterocycles. The van der Waals surface area contributed by atoms with Gasteiger partial charge in [0.15, 0.2) is 41.5 Å². The number of amides is 1. The number of methoxy groups -OCH3 is 2. The summed E-state index contributed by atoms with van der Waals surface area (Å²) in [5.41, 5.74) is -9.47. The zero-order valence-corrected chi connectivity index (χ0v) is 43.6. The molecule has 19 heteroatoms. The van der Waals surface area contributed by atoms with Gasteiger partial charge in [-0.2, -0.15) is 0 Å². The number of benzene rings is 2. The molecular weight excluding hydrogens is 951 g/mol. The van der Waals surface area contributed by atoms with E-state index in [1.165, 1.54) is 38.2 Å². The lowest BCUT2D eigenvalue weighted by atomic mass is 9.44. The lowest BCUT2D eigenvalue weighted by molar-refractivity contribution is -0.342. The molecule has 19 nitrogen and oxygen atoms in total. The molecule has 12 atom stereocenters. The number of nitrogens with zero attached hydrogens (tertiary/aromatic N) is 1. The van der Waals surface area contributed by atoms with E-state index in [2.05, 4.69) is 0 Å². The number of fused-ring (bicyclic) bond motifs is 4. The average molecular weight is 1020 g/mol. The standard InChI is InChI=1S/C54H65NO18/c1-26-37-39(67-27(2)56)43(60)52(12)34(58)24-35-53(25-66-35,71-28(3)57)41(52)44(70-46(61)29-18-16-15-17-19-29)54(51(37,10)11)32(23-36(59)72-54)38(26)69-47(62)40-42(49(4,5)6)55(48(63)73-50(7,8)9)45(68-40)31-21-20-30(64-13)22-33(31)65-14/h15-23,34-35,38-42,44-45,58H,24-25H2,1-14H3/t34-,35+,38+,39+,40+,41-,42-,44-,45?,52+,53-,54+/m0/s1. The van der Waals surface area contributed by atoms with Crippen molar-refractivity contribution in [2.45, 2.75) is 155 Å². The highest BCUT2D eigenvalue weighted by Gasteiger charge is 2.81. The number of aliphatic hydroxyl groups is 1. The molecule has 8 rings (SSSR count). The largest absolute Gasteiger partial charge is 0.497 e. The van der Waals surface area contributed by atoms with E-state index in [0.29, 0.717) is 11.3 Å². The zero-order chi connectivity index (χ0) is 53.7. The number of hydrogen-bond donors (Lipinski definition) is 1. The van der Waals surface area contributed by atoms with E-state index in [-0.39, 0.29) is 41.1 Å². The van der Waals surface area contributed by atoms with Gasteiger partial charge in [-0.3, -0.25) is 19.3 Å². The zero-order valence-electron chi connectivity index (χ0n) is 43.6. The van der Waals surface area contributed by atoms with Gasteiger partial charge in [-0.1, -0.05) is 52.8 Å². The van der Waals surface area contributed by atoms with E-state index in [0.717, 1.165) is 19.9 Å². The molecule has 4 fully saturated rings. The number of carbonyl (C=O) groups is 7. The first-order chi connectivity index (χ1) is 34.0. The Bertz CT molecular complexity index is 2700. The van der Waals surface area contributed by atoms with Crippen LogP contribution in [0.3, 0.4) is 0 Å². The number of hydrogen-bond acceptors (Lipinski definition) is 18. The molecule has 2 aromatic rings. The summed E-state index contributed by atoms with van der Waals surface area (Å²) in [7, 11) is 2.91. The molecule has 1 spiro atoms. The highest BCUT2D eigenvalue weighted by molar-refractivity contribution is 5.97. The van der Waals surface area contributed by atoms with Gasteiger partial charge in [-0.05, 0) is 75.4 Å². The summed E-state index contributed by atoms with van der Waals surface area (Å²) in [6.07, 6.45) is -11.0. The van der Waals surface area contributed by atoms with Gasteiger partial charge >= 0.3 is 35.9 Å². The van der Waals surface area contributed by atoms with Gasteiger partial charge in [-0.15, -0.1) is 0 Å². The fourth-order valence-electron chi connectivity index (χ4n) is 12.4. The van der Waals surface area contributed by atoms with Gasteiger partial charge in [0.05, 0.1) is 49.9 Å². The second kappa shape index (κ2) is 18.3. The van der Waals surface area contributed by atoms with Gasteiger partial charge in [0.2, 0.25) is 0 Å². The Morgan fingerprint density at radius 3 is 2.08 bits per heavy atom. The number of ketones is 1. The molecule has 6 aliphatic rings. The molecule has 2 saturated carbocycles. The summed E-state index contributed by atoms with van der Waals surface area (Å²) in [6, 6.07) is 11.6. The van der Waals surface area contributed by atoms with E-state index in [9.17, 15) is 29.1 Å². The smallest absolute Gasteiger partial charge is 0.413 e. The normalized spacial score (nSPS) is 33.2. The van der Waals surface area contributed by atoms with E-state index in [1.54, 1.807) is 98.7 Å². The topological polar surface area (TPSA) is 235 Å². The predicted molar refractivity (Wildman–Crippen MR) is 254 cm³/mol. The van der Waals surface area contributed by atoms with Crippen LogP contribution >= 0.6 is 0 Å². The number of aliphatic hydroxyl groups excluding tert-OH is 1. The lowest BCUT2D eigenvalue weighted by Crippen LogP contribution is -2.82. The second-order valence-corrected chi connectivity index (χ2v) is 22.4.